The Labute approximate surface area is 164 Å². The number of carbonyl (C=O) groups is 5. The molecule has 0 fully saturated rings. The number of esters is 4. The number of hydrogen-bond donors (Lipinski definition) is 1. The van der Waals surface area contributed by atoms with Crippen LogP contribution in [0.2, 0.25) is 0 Å². The molecule has 160 valence electrons. The summed E-state index contributed by atoms with van der Waals surface area (Å²) in [6.45, 7) is 3.38. The molecule has 0 heterocycles. The number of nitrogens with one attached hydrogen (secondary N) is 1. The van der Waals surface area contributed by atoms with E-state index in [1.54, 1.807) is 0 Å². The molecule has 11 nitrogen and oxygen atoms in total. The highest BCUT2D eigenvalue weighted by Gasteiger charge is 2.42. The maximum atomic E-state index is 11.7. The van der Waals surface area contributed by atoms with Crippen LogP contribution in [0.15, 0.2) is 0 Å². The minimum absolute atomic E-state index is 0.266. The summed E-state index contributed by atoms with van der Waals surface area (Å²) in [5.41, 5.74) is 0. The lowest BCUT2D eigenvalue weighted by molar-refractivity contribution is -0.191. The van der Waals surface area contributed by atoms with Crippen LogP contribution in [0.25, 0.3) is 0 Å². The van der Waals surface area contributed by atoms with Crippen molar-refractivity contribution in [2.45, 2.75) is 59.0 Å². The van der Waals surface area contributed by atoms with Gasteiger partial charge in [-0.15, -0.1) is 0 Å². The second-order valence-corrected chi connectivity index (χ2v) is 5.72. The van der Waals surface area contributed by atoms with Gasteiger partial charge in [-0.05, 0) is 0 Å². The first kappa shape index (κ1) is 23.3. The number of methoxy groups -OCH3 is 1. The summed E-state index contributed by atoms with van der Waals surface area (Å²) < 4.78 is 33.3. The zero-order valence-electron chi connectivity index (χ0n) is 17.7. The van der Waals surface area contributed by atoms with Gasteiger partial charge in [0.1, 0.15) is 12.6 Å². The quantitative estimate of drug-likeness (QED) is 0.352. The van der Waals surface area contributed by atoms with E-state index in [0.29, 0.717) is 0 Å². The van der Waals surface area contributed by atoms with Gasteiger partial charge in [-0.3, -0.25) is 24.0 Å². The zero-order chi connectivity index (χ0) is 22.7. The van der Waals surface area contributed by atoms with Gasteiger partial charge in [0.25, 0.3) is 0 Å². The lowest BCUT2D eigenvalue weighted by atomic mass is 10.0. The number of rotatable bonds is 11. The van der Waals surface area contributed by atoms with Gasteiger partial charge >= 0.3 is 23.9 Å². The molecule has 1 unspecified atom stereocenters. The number of hydrogen-bond acceptors (Lipinski definition) is 10. The predicted molar refractivity (Wildman–Crippen MR) is 92.8 cm³/mol. The highest BCUT2D eigenvalue weighted by Crippen LogP contribution is 2.18. The zero-order valence-corrected chi connectivity index (χ0v) is 16.7. The van der Waals surface area contributed by atoms with Crippen LogP contribution in [0.5, 0.6) is 0 Å². The van der Waals surface area contributed by atoms with Gasteiger partial charge in [0, 0.05) is 41.7 Å². The minimum Gasteiger partial charge on any atom is -0.464 e. The largest absolute Gasteiger partial charge is 0.464 e. The van der Waals surface area contributed by atoms with Gasteiger partial charge in [-0.25, -0.2) is 0 Å². The molecule has 0 aromatic heterocycles. The Morgan fingerprint density at radius 1 is 0.821 bits per heavy atom. The van der Waals surface area contributed by atoms with Crippen molar-refractivity contribution in [3.63, 3.8) is 0 Å². The van der Waals surface area contributed by atoms with Crippen LogP contribution in [0.3, 0.4) is 0 Å². The Bertz CT molecular complexity index is 611. The van der Waals surface area contributed by atoms with E-state index in [0.717, 1.165) is 34.6 Å². The molecule has 11 heteroatoms. The van der Waals surface area contributed by atoms with Crippen molar-refractivity contribution in [2.75, 3.05) is 20.3 Å². The summed E-state index contributed by atoms with van der Waals surface area (Å²) in [4.78, 5) is 57.8. The van der Waals surface area contributed by atoms with Crippen molar-refractivity contribution >= 4 is 29.8 Å². The fourth-order valence-corrected chi connectivity index (χ4v) is 2.25. The van der Waals surface area contributed by atoms with Crippen molar-refractivity contribution in [2.24, 2.45) is 0 Å². The van der Waals surface area contributed by atoms with E-state index >= 15 is 0 Å². The van der Waals surface area contributed by atoms with E-state index in [4.69, 9.17) is 25.1 Å². The van der Waals surface area contributed by atoms with Crippen LogP contribution in [-0.4, -0.2) is 74.4 Å². The molecule has 0 rings (SSSR count). The van der Waals surface area contributed by atoms with Gasteiger partial charge in [-0.1, -0.05) is 0 Å². The Morgan fingerprint density at radius 2 is 1.32 bits per heavy atom. The minimum atomic E-state index is -1.74. The summed E-state index contributed by atoms with van der Waals surface area (Å²) in [7, 11) is 1.29. The molecule has 0 radical (unpaired) electrons. The maximum absolute atomic E-state index is 11.7. The lowest BCUT2D eigenvalue weighted by Crippen LogP contribution is -2.58. The molecular formula is C17H27NO10. The molecule has 0 aromatic carbocycles. The monoisotopic (exact) mass is 406 g/mol. The third-order valence-corrected chi connectivity index (χ3v) is 3.05. The molecule has 1 amide bonds. The molecule has 28 heavy (non-hydrogen) atoms. The Hall–Kier alpha value is -2.69. The predicted octanol–water partition coefficient (Wildman–Crippen LogP) is -0.504. The van der Waals surface area contributed by atoms with Crippen molar-refractivity contribution in [3.8, 4) is 0 Å². The Morgan fingerprint density at radius 3 is 1.71 bits per heavy atom. The molecular weight excluding hydrogens is 378 g/mol. The van der Waals surface area contributed by atoms with Crippen LogP contribution < -0.4 is 5.32 Å². The first-order chi connectivity index (χ1) is 13.4. The van der Waals surface area contributed by atoms with E-state index in [1.807, 2.05) is 0 Å². The molecule has 0 aliphatic rings. The summed E-state index contributed by atoms with van der Waals surface area (Å²) >= 11 is 0. The standard InChI is InChI=1S/C17H27NO10/c1-9(19)18-14(7-25-10(2)20)16(27-12(4)22)17(28-13(5)23)15(8-24-6)26-11(3)21/h14-17H,7-8H2,1-6H3,(H,18,19)/t14-,15+,16+,17+/m0/s1/i7D/t7?,14-,15+,16+,17+. The van der Waals surface area contributed by atoms with Crippen molar-refractivity contribution in [3.05, 3.63) is 0 Å². The van der Waals surface area contributed by atoms with Crippen molar-refractivity contribution in [1.29, 1.82) is 0 Å². The van der Waals surface area contributed by atoms with Crippen LogP contribution in [-0.2, 0) is 47.7 Å². The summed E-state index contributed by atoms with van der Waals surface area (Å²) in [5.74, 6) is -3.90. The second kappa shape index (κ2) is 12.7. The summed E-state index contributed by atoms with van der Waals surface area (Å²) in [6, 6.07) is -1.46. The van der Waals surface area contributed by atoms with Crippen LogP contribution in [0.1, 0.15) is 36.0 Å². The molecule has 0 aromatic rings. The number of carbonyl (C=O) groups excluding carboxylic acids is 5. The third-order valence-electron chi connectivity index (χ3n) is 3.05. The van der Waals surface area contributed by atoms with Crippen LogP contribution in [0.4, 0.5) is 0 Å². The first-order valence-electron chi connectivity index (χ1n) is 8.83. The average molecular weight is 406 g/mol. The van der Waals surface area contributed by atoms with E-state index in [1.165, 1.54) is 7.11 Å². The van der Waals surface area contributed by atoms with Crippen LogP contribution in [0, 0.1) is 0 Å². The number of amides is 1. The highest BCUT2D eigenvalue weighted by molar-refractivity contribution is 5.74. The van der Waals surface area contributed by atoms with E-state index in [2.05, 4.69) is 5.32 Å². The Balaban J connectivity index is 6.28. The fourth-order valence-electron chi connectivity index (χ4n) is 2.25. The molecule has 0 saturated heterocycles. The second-order valence-electron chi connectivity index (χ2n) is 5.72. The van der Waals surface area contributed by atoms with Gasteiger partial charge in [0.05, 0.1) is 7.98 Å². The smallest absolute Gasteiger partial charge is 0.303 e. The molecule has 0 aliphatic carbocycles. The maximum Gasteiger partial charge on any atom is 0.303 e. The topological polar surface area (TPSA) is 144 Å². The lowest BCUT2D eigenvalue weighted by Gasteiger charge is -2.35. The fraction of sp³-hybridized carbons (Fsp3) is 0.706. The normalized spacial score (nSPS) is 16.3. The Kier molecular flexibility index (Phi) is 10.6. The van der Waals surface area contributed by atoms with Gasteiger partial charge in [0.15, 0.2) is 18.3 Å². The van der Waals surface area contributed by atoms with Gasteiger partial charge in [0.2, 0.25) is 5.91 Å². The van der Waals surface area contributed by atoms with Crippen LogP contribution >= 0.6 is 0 Å². The van der Waals surface area contributed by atoms with Crippen molar-refractivity contribution in [1.82, 2.24) is 5.32 Å². The summed E-state index contributed by atoms with van der Waals surface area (Å²) in [6.07, 6.45) is -4.30. The van der Waals surface area contributed by atoms with Crippen molar-refractivity contribution < 1.29 is 49.0 Å². The molecule has 0 spiro atoms. The first-order valence-corrected chi connectivity index (χ1v) is 8.26. The molecule has 1 N–H and O–H groups in total. The van der Waals surface area contributed by atoms with Gasteiger partial charge in [-0.2, -0.15) is 0 Å². The number of ether oxygens (including phenoxy) is 5. The average Bonchev–Trinajstić information content (AvgIpc) is 2.53. The van der Waals surface area contributed by atoms with Gasteiger partial charge < -0.3 is 29.0 Å². The molecule has 0 saturated carbocycles. The van der Waals surface area contributed by atoms with E-state index in [-0.39, 0.29) is 6.61 Å². The summed E-state index contributed by atoms with van der Waals surface area (Å²) in [5, 5.41) is 2.34. The third kappa shape index (κ3) is 10.5. The highest BCUT2D eigenvalue weighted by atomic mass is 16.6. The van der Waals surface area contributed by atoms with E-state index in [9.17, 15) is 24.0 Å². The molecule has 0 bridgehead atoms. The molecule has 0 aliphatic heterocycles. The molecule has 5 atom stereocenters. The SMILES string of the molecule is [2H]C(OC(C)=O)[C@H](NC(C)=O)[C@@H](OC(C)=O)[C@H](OC(C)=O)[C@@H](COC)OC(C)=O. The van der Waals surface area contributed by atoms with E-state index < -0.39 is 60.7 Å².